The van der Waals surface area contributed by atoms with E-state index in [1.807, 2.05) is 38.1 Å². The predicted octanol–water partition coefficient (Wildman–Crippen LogP) is 5.83. The lowest BCUT2D eigenvalue weighted by Gasteiger charge is -2.30. The second-order valence-electron chi connectivity index (χ2n) is 8.12. The number of aryl methyl sites for hydroxylation is 2. The summed E-state index contributed by atoms with van der Waals surface area (Å²) in [6.45, 7) is 4.56. The molecule has 0 unspecified atom stereocenters. The summed E-state index contributed by atoms with van der Waals surface area (Å²) in [7, 11) is 0. The molecule has 1 heterocycles. The summed E-state index contributed by atoms with van der Waals surface area (Å²) in [5.74, 6) is 1.58. The molecule has 1 saturated carbocycles. The second-order valence-corrected chi connectivity index (χ2v) is 9.14. The molecule has 4 rings (SSSR count). The van der Waals surface area contributed by atoms with Gasteiger partial charge in [-0.3, -0.25) is 4.79 Å². The van der Waals surface area contributed by atoms with Crippen LogP contribution in [0, 0.1) is 13.8 Å². The molecule has 0 saturated heterocycles. The standard InChI is InChI=1S/C25H28N2O2S/c1-18-22(19(2)29-27-18)16-30-23-13-7-6-12-21(23)24(28)26-17-25(14-8-9-15-25)20-10-4-3-5-11-20/h3-7,10-13H,8-9,14-17H2,1-2H3,(H,26,28). The maximum absolute atomic E-state index is 13.1. The van der Waals surface area contributed by atoms with Crippen LogP contribution >= 0.6 is 11.8 Å². The first-order valence-corrected chi connectivity index (χ1v) is 11.5. The zero-order valence-corrected chi connectivity index (χ0v) is 18.4. The highest BCUT2D eigenvalue weighted by Crippen LogP contribution is 2.40. The van der Waals surface area contributed by atoms with Crippen LogP contribution in [-0.4, -0.2) is 17.6 Å². The van der Waals surface area contributed by atoms with Crippen molar-refractivity contribution < 1.29 is 9.32 Å². The van der Waals surface area contributed by atoms with Crippen LogP contribution in [0.3, 0.4) is 0 Å². The van der Waals surface area contributed by atoms with Crippen LogP contribution in [0.4, 0.5) is 0 Å². The molecule has 30 heavy (non-hydrogen) atoms. The molecule has 0 spiro atoms. The van der Waals surface area contributed by atoms with Crippen LogP contribution in [0.2, 0.25) is 0 Å². The quantitative estimate of drug-likeness (QED) is 0.489. The molecular formula is C25H28N2O2S. The van der Waals surface area contributed by atoms with Crippen LogP contribution < -0.4 is 5.32 Å². The average Bonchev–Trinajstić information content (AvgIpc) is 3.39. The zero-order valence-electron chi connectivity index (χ0n) is 17.6. The van der Waals surface area contributed by atoms with Gasteiger partial charge in [0.1, 0.15) is 5.76 Å². The van der Waals surface area contributed by atoms with Crippen molar-refractivity contribution in [2.75, 3.05) is 6.54 Å². The molecule has 4 nitrogen and oxygen atoms in total. The summed E-state index contributed by atoms with van der Waals surface area (Å²) >= 11 is 1.65. The fourth-order valence-electron chi connectivity index (χ4n) is 4.39. The van der Waals surface area contributed by atoms with E-state index in [1.165, 1.54) is 18.4 Å². The van der Waals surface area contributed by atoms with Crippen LogP contribution in [0.5, 0.6) is 0 Å². The maximum atomic E-state index is 13.1. The Morgan fingerprint density at radius 2 is 1.77 bits per heavy atom. The first-order chi connectivity index (χ1) is 14.6. The van der Waals surface area contributed by atoms with E-state index in [-0.39, 0.29) is 11.3 Å². The molecule has 0 bridgehead atoms. The Kier molecular flexibility index (Phi) is 6.28. The average molecular weight is 421 g/mol. The number of hydrogen-bond donors (Lipinski definition) is 1. The predicted molar refractivity (Wildman–Crippen MR) is 121 cm³/mol. The Bertz CT molecular complexity index is 987. The van der Waals surface area contributed by atoms with E-state index in [1.54, 1.807) is 11.8 Å². The largest absolute Gasteiger partial charge is 0.361 e. The number of aromatic nitrogens is 1. The Labute approximate surface area is 182 Å². The lowest BCUT2D eigenvalue weighted by molar-refractivity contribution is 0.0940. The second kappa shape index (κ2) is 9.09. The number of carbonyl (C=O) groups is 1. The minimum atomic E-state index is -0.000862. The molecule has 0 aliphatic heterocycles. The lowest BCUT2D eigenvalue weighted by Crippen LogP contribution is -2.39. The van der Waals surface area contributed by atoms with Crippen molar-refractivity contribution >= 4 is 17.7 Å². The van der Waals surface area contributed by atoms with Gasteiger partial charge in [-0.05, 0) is 44.4 Å². The first-order valence-electron chi connectivity index (χ1n) is 10.6. The maximum Gasteiger partial charge on any atom is 0.252 e. The zero-order chi connectivity index (χ0) is 21.0. The van der Waals surface area contributed by atoms with Gasteiger partial charge in [-0.15, -0.1) is 11.8 Å². The number of hydrogen-bond acceptors (Lipinski definition) is 4. The third-order valence-electron chi connectivity index (χ3n) is 6.22. The number of nitrogens with one attached hydrogen (secondary N) is 1. The van der Waals surface area contributed by atoms with Crippen molar-refractivity contribution in [1.29, 1.82) is 0 Å². The van der Waals surface area contributed by atoms with Crippen molar-refractivity contribution in [3.63, 3.8) is 0 Å². The Hall–Kier alpha value is -2.53. The Balaban J connectivity index is 1.47. The molecule has 0 atom stereocenters. The highest BCUT2D eigenvalue weighted by atomic mass is 32.2. The highest BCUT2D eigenvalue weighted by molar-refractivity contribution is 7.98. The number of benzene rings is 2. The van der Waals surface area contributed by atoms with Gasteiger partial charge in [-0.2, -0.15) is 0 Å². The normalized spacial score (nSPS) is 15.3. The van der Waals surface area contributed by atoms with Gasteiger partial charge in [0.05, 0.1) is 11.3 Å². The summed E-state index contributed by atoms with van der Waals surface area (Å²) in [4.78, 5) is 14.1. The van der Waals surface area contributed by atoms with Crippen molar-refractivity contribution in [1.82, 2.24) is 10.5 Å². The van der Waals surface area contributed by atoms with Gasteiger partial charge >= 0.3 is 0 Å². The number of carbonyl (C=O) groups excluding carboxylic acids is 1. The molecule has 2 aromatic carbocycles. The fraction of sp³-hybridized carbons (Fsp3) is 0.360. The third-order valence-corrected chi connectivity index (χ3v) is 7.32. The van der Waals surface area contributed by atoms with Crippen LogP contribution in [-0.2, 0) is 11.2 Å². The fourth-order valence-corrected chi connectivity index (χ4v) is 5.60. The van der Waals surface area contributed by atoms with Crippen molar-refractivity contribution in [3.05, 3.63) is 82.7 Å². The minimum Gasteiger partial charge on any atom is -0.361 e. The molecular weight excluding hydrogens is 392 g/mol. The van der Waals surface area contributed by atoms with E-state index in [0.717, 1.165) is 46.1 Å². The van der Waals surface area contributed by atoms with Gasteiger partial charge in [0, 0.05) is 28.2 Å². The minimum absolute atomic E-state index is 0.000862. The van der Waals surface area contributed by atoms with E-state index < -0.39 is 0 Å². The van der Waals surface area contributed by atoms with Gasteiger partial charge < -0.3 is 9.84 Å². The van der Waals surface area contributed by atoms with Gasteiger partial charge in [-0.1, -0.05) is 60.5 Å². The van der Waals surface area contributed by atoms with Crippen molar-refractivity contribution in [2.24, 2.45) is 0 Å². The number of rotatable bonds is 7. The molecule has 1 fully saturated rings. The molecule has 156 valence electrons. The van der Waals surface area contributed by atoms with Crippen molar-refractivity contribution in [2.45, 2.75) is 55.6 Å². The summed E-state index contributed by atoms with van der Waals surface area (Å²) in [5.41, 5.74) is 4.13. The van der Waals surface area contributed by atoms with E-state index in [4.69, 9.17) is 4.52 Å². The molecule has 3 aromatic rings. The lowest BCUT2D eigenvalue weighted by atomic mass is 9.79. The summed E-state index contributed by atoms with van der Waals surface area (Å²) < 4.78 is 5.27. The van der Waals surface area contributed by atoms with Crippen LogP contribution in [0.15, 0.2) is 64.0 Å². The Morgan fingerprint density at radius 1 is 1.07 bits per heavy atom. The van der Waals surface area contributed by atoms with E-state index in [9.17, 15) is 4.79 Å². The van der Waals surface area contributed by atoms with E-state index in [2.05, 4.69) is 40.8 Å². The summed E-state index contributed by atoms with van der Waals surface area (Å²) in [5, 5.41) is 7.28. The molecule has 1 amide bonds. The number of thioether (sulfide) groups is 1. The summed E-state index contributed by atoms with van der Waals surface area (Å²) in [6, 6.07) is 18.5. The van der Waals surface area contributed by atoms with Gasteiger partial charge in [0.2, 0.25) is 0 Å². The highest BCUT2D eigenvalue weighted by Gasteiger charge is 2.35. The number of nitrogens with zero attached hydrogens (tertiary/aromatic N) is 1. The van der Waals surface area contributed by atoms with Gasteiger partial charge in [0.25, 0.3) is 5.91 Å². The monoisotopic (exact) mass is 420 g/mol. The summed E-state index contributed by atoms with van der Waals surface area (Å²) in [6.07, 6.45) is 4.68. The molecule has 1 aromatic heterocycles. The first kappa shape index (κ1) is 20.7. The molecule has 0 radical (unpaired) electrons. The van der Waals surface area contributed by atoms with E-state index in [0.29, 0.717) is 6.54 Å². The molecule has 5 heteroatoms. The third kappa shape index (κ3) is 4.31. The van der Waals surface area contributed by atoms with Gasteiger partial charge in [0.15, 0.2) is 0 Å². The molecule has 1 aliphatic rings. The van der Waals surface area contributed by atoms with Crippen LogP contribution in [0.25, 0.3) is 0 Å². The van der Waals surface area contributed by atoms with E-state index >= 15 is 0 Å². The van der Waals surface area contributed by atoms with Crippen LogP contribution in [0.1, 0.15) is 58.6 Å². The Morgan fingerprint density at radius 3 is 2.47 bits per heavy atom. The molecule has 1 aliphatic carbocycles. The molecule has 1 N–H and O–H groups in total. The topological polar surface area (TPSA) is 55.1 Å². The number of amides is 1. The van der Waals surface area contributed by atoms with Crippen molar-refractivity contribution in [3.8, 4) is 0 Å². The van der Waals surface area contributed by atoms with Gasteiger partial charge in [-0.25, -0.2) is 0 Å². The SMILES string of the molecule is Cc1noc(C)c1CSc1ccccc1C(=O)NCC1(c2ccccc2)CCCC1. The smallest absolute Gasteiger partial charge is 0.252 e.